The molecular weight excluding hydrogens is 268 g/mol. The molecule has 0 saturated carbocycles. The molecular formula is C12H13BrN2O. The number of hydrogen-bond donors (Lipinski definition) is 0. The van der Waals surface area contributed by atoms with Crippen molar-refractivity contribution in [3.63, 3.8) is 0 Å². The number of ketones is 1. The minimum atomic E-state index is 0.0720. The molecule has 0 bridgehead atoms. The van der Waals surface area contributed by atoms with Crippen LogP contribution in [0.1, 0.15) is 13.8 Å². The third-order valence-electron chi connectivity index (χ3n) is 2.62. The molecule has 0 saturated heterocycles. The Balaban J connectivity index is 2.39. The predicted octanol–water partition coefficient (Wildman–Crippen LogP) is 3.02. The van der Waals surface area contributed by atoms with E-state index in [4.69, 9.17) is 0 Å². The van der Waals surface area contributed by atoms with E-state index < -0.39 is 0 Å². The highest BCUT2D eigenvalue weighted by atomic mass is 79.9. The predicted molar refractivity (Wildman–Crippen MR) is 67.3 cm³/mol. The fourth-order valence-electron chi connectivity index (χ4n) is 1.58. The molecule has 4 heteroatoms. The van der Waals surface area contributed by atoms with Gasteiger partial charge in [-0.3, -0.25) is 4.79 Å². The summed E-state index contributed by atoms with van der Waals surface area (Å²) in [6, 6.07) is 3.90. The number of pyridine rings is 1. The van der Waals surface area contributed by atoms with Crippen LogP contribution in [0.25, 0.3) is 10.9 Å². The Hall–Kier alpha value is -1.16. The highest BCUT2D eigenvalue weighted by molar-refractivity contribution is 9.10. The molecule has 0 aliphatic rings. The Labute approximate surface area is 103 Å². The van der Waals surface area contributed by atoms with E-state index in [1.807, 2.05) is 36.7 Å². The van der Waals surface area contributed by atoms with E-state index in [1.165, 1.54) is 0 Å². The average molecular weight is 281 g/mol. The average Bonchev–Trinajstić information content (AvgIpc) is 2.63. The van der Waals surface area contributed by atoms with E-state index in [-0.39, 0.29) is 11.7 Å². The number of carbonyl (C=O) groups is 1. The van der Waals surface area contributed by atoms with E-state index in [0.717, 1.165) is 15.5 Å². The first kappa shape index (κ1) is 11.3. The van der Waals surface area contributed by atoms with E-state index in [9.17, 15) is 4.79 Å². The first-order valence-corrected chi connectivity index (χ1v) is 6.01. The van der Waals surface area contributed by atoms with Gasteiger partial charge in [0.1, 0.15) is 4.60 Å². The van der Waals surface area contributed by atoms with Crippen molar-refractivity contribution < 1.29 is 4.79 Å². The summed E-state index contributed by atoms with van der Waals surface area (Å²) in [5, 5.41) is 1.04. The van der Waals surface area contributed by atoms with Crippen LogP contribution >= 0.6 is 15.9 Å². The zero-order valence-electron chi connectivity index (χ0n) is 9.27. The molecule has 0 unspecified atom stereocenters. The lowest BCUT2D eigenvalue weighted by Gasteiger charge is -2.07. The molecule has 0 aliphatic carbocycles. The third-order valence-corrected chi connectivity index (χ3v) is 3.25. The van der Waals surface area contributed by atoms with Crippen LogP contribution in [0.3, 0.4) is 0 Å². The maximum Gasteiger partial charge on any atom is 0.155 e. The van der Waals surface area contributed by atoms with Crippen molar-refractivity contribution in [1.29, 1.82) is 0 Å². The summed E-state index contributed by atoms with van der Waals surface area (Å²) in [5.41, 5.74) is 1.04. The van der Waals surface area contributed by atoms with Crippen LogP contribution in [-0.4, -0.2) is 15.3 Å². The molecule has 16 heavy (non-hydrogen) atoms. The van der Waals surface area contributed by atoms with Gasteiger partial charge in [0.15, 0.2) is 5.78 Å². The Morgan fingerprint density at radius 3 is 2.94 bits per heavy atom. The fourth-order valence-corrected chi connectivity index (χ4v) is 2.03. The van der Waals surface area contributed by atoms with Crippen molar-refractivity contribution in [2.75, 3.05) is 0 Å². The SMILES string of the molecule is CC(C)C(=O)Cn1ccc2c(Br)nccc21. The number of Topliss-reactive ketones (excluding diaryl/α,β-unsaturated/α-hetero) is 1. The molecule has 0 spiro atoms. The van der Waals surface area contributed by atoms with Gasteiger partial charge in [0.2, 0.25) is 0 Å². The van der Waals surface area contributed by atoms with E-state index in [1.54, 1.807) is 6.20 Å². The zero-order chi connectivity index (χ0) is 11.7. The van der Waals surface area contributed by atoms with Crippen molar-refractivity contribution in [2.45, 2.75) is 20.4 Å². The van der Waals surface area contributed by atoms with Crippen LogP contribution in [0, 0.1) is 5.92 Å². The largest absolute Gasteiger partial charge is 0.340 e. The smallest absolute Gasteiger partial charge is 0.155 e. The minimum absolute atomic E-state index is 0.0720. The highest BCUT2D eigenvalue weighted by Crippen LogP contribution is 2.22. The second kappa shape index (κ2) is 4.37. The van der Waals surface area contributed by atoms with Crippen molar-refractivity contribution in [1.82, 2.24) is 9.55 Å². The van der Waals surface area contributed by atoms with Crippen molar-refractivity contribution in [3.05, 3.63) is 29.1 Å². The molecule has 0 amide bonds. The Kier molecular flexibility index (Phi) is 3.10. The van der Waals surface area contributed by atoms with E-state index in [2.05, 4.69) is 20.9 Å². The number of aromatic nitrogens is 2. The van der Waals surface area contributed by atoms with Gasteiger partial charge in [-0.05, 0) is 28.1 Å². The summed E-state index contributed by atoms with van der Waals surface area (Å²) < 4.78 is 2.78. The van der Waals surface area contributed by atoms with Gasteiger partial charge in [-0.2, -0.15) is 0 Å². The summed E-state index contributed by atoms with van der Waals surface area (Å²) in [4.78, 5) is 15.8. The van der Waals surface area contributed by atoms with Crippen LogP contribution < -0.4 is 0 Å². The summed E-state index contributed by atoms with van der Waals surface area (Å²) in [5.74, 6) is 0.313. The van der Waals surface area contributed by atoms with Crippen LogP contribution in [0.5, 0.6) is 0 Å². The normalized spacial score (nSPS) is 11.2. The van der Waals surface area contributed by atoms with Crippen molar-refractivity contribution in [2.24, 2.45) is 5.92 Å². The first-order valence-electron chi connectivity index (χ1n) is 5.21. The molecule has 0 aromatic carbocycles. The van der Waals surface area contributed by atoms with Crippen molar-refractivity contribution >= 4 is 32.6 Å². The Morgan fingerprint density at radius 1 is 1.50 bits per heavy atom. The quantitative estimate of drug-likeness (QED) is 0.810. The maximum atomic E-state index is 11.7. The number of rotatable bonds is 3. The second-order valence-corrected chi connectivity index (χ2v) is 4.85. The minimum Gasteiger partial charge on any atom is -0.340 e. The van der Waals surface area contributed by atoms with Gasteiger partial charge in [-0.25, -0.2) is 4.98 Å². The molecule has 2 aromatic heterocycles. The molecule has 2 aromatic rings. The van der Waals surface area contributed by atoms with Crippen LogP contribution in [0.2, 0.25) is 0 Å². The van der Waals surface area contributed by atoms with Crippen LogP contribution in [-0.2, 0) is 11.3 Å². The standard InChI is InChI=1S/C12H13BrN2O/c1-8(2)11(16)7-15-6-4-9-10(15)3-5-14-12(9)13/h3-6,8H,7H2,1-2H3. The first-order chi connectivity index (χ1) is 7.59. The molecule has 2 heterocycles. The van der Waals surface area contributed by atoms with Gasteiger partial charge in [0.25, 0.3) is 0 Å². The van der Waals surface area contributed by atoms with Crippen molar-refractivity contribution in [3.8, 4) is 0 Å². The lowest BCUT2D eigenvalue weighted by atomic mass is 10.1. The molecule has 0 radical (unpaired) electrons. The molecule has 0 N–H and O–H groups in total. The van der Waals surface area contributed by atoms with Gasteiger partial charge in [0, 0.05) is 23.7 Å². The molecule has 2 rings (SSSR count). The maximum absolute atomic E-state index is 11.7. The second-order valence-electron chi connectivity index (χ2n) is 4.10. The number of nitrogens with zero attached hydrogens (tertiary/aromatic N) is 2. The number of hydrogen-bond acceptors (Lipinski definition) is 2. The molecule has 0 aliphatic heterocycles. The van der Waals surface area contributed by atoms with E-state index >= 15 is 0 Å². The molecule has 3 nitrogen and oxygen atoms in total. The molecule has 0 atom stereocenters. The molecule has 84 valence electrons. The number of carbonyl (C=O) groups excluding carboxylic acids is 1. The molecule has 0 fully saturated rings. The third kappa shape index (κ3) is 2.02. The summed E-state index contributed by atoms with van der Waals surface area (Å²) in [6.45, 7) is 4.27. The number of fused-ring (bicyclic) bond motifs is 1. The van der Waals surface area contributed by atoms with Gasteiger partial charge in [-0.1, -0.05) is 13.8 Å². The van der Waals surface area contributed by atoms with Crippen LogP contribution in [0.4, 0.5) is 0 Å². The van der Waals surface area contributed by atoms with E-state index in [0.29, 0.717) is 6.54 Å². The highest BCUT2D eigenvalue weighted by Gasteiger charge is 2.10. The van der Waals surface area contributed by atoms with Crippen LogP contribution in [0.15, 0.2) is 29.1 Å². The van der Waals surface area contributed by atoms with Gasteiger partial charge in [-0.15, -0.1) is 0 Å². The monoisotopic (exact) mass is 280 g/mol. The van der Waals surface area contributed by atoms with Gasteiger partial charge < -0.3 is 4.57 Å². The zero-order valence-corrected chi connectivity index (χ0v) is 10.9. The summed E-state index contributed by atoms with van der Waals surface area (Å²) >= 11 is 3.40. The lowest BCUT2D eigenvalue weighted by molar-refractivity contribution is -0.122. The fraction of sp³-hybridized carbons (Fsp3) is 0.333. The van der Waals surface area contributed by atoms with Gasteiger partial charge >= 0.3 is 0 Å². The number of halogens is 1. The topological polar surface area (TPSA) is 34.9 Å². The Bertz CT molecular complexity index is 531. The van der Waals surface area contributed by atoms with Gasteiger partial charge in [0.05, 0.1) is 12.1 Å². The summed E-state index contributed by atoms with van der Waals surface area (Å²) in [7, 11) is 0. The summed E-state index contributed by atoms with van der Waals surface area (Å²) in [6.07, 6.45) is 3.67. The Morgan fingerprint density at radius 2 is 2.25 bits per heavy atom. The lowest BCUT2D eigenvalue weighted by Crippen LogP contribution is -2.14.